The fourth-order valence-electron chi connectivity index (χ4n) is 1.92. The summed E-state index contributed by atoms with van der Waals surface area (Å²) < 4.78 is 5.37. The van der Waals surface area contributed by atoms with Crippen molar-refractivity contribution in [3.63, 3.8) is 0 Å². The zero-order valence-corrected chi connectivity index (χ0v) is 11.3. The smallest absolute Gasteiger partial charge is 0.124 e. The van der Waals surface area contributed by atoms with Gasteiger partial charge >= 0.3 is 0 Å². The molecule has 0 spiro atoms. The fourth-order valence-corrected chi connectivity index (χ4v) is 1.92. The van der Waals surface area contributed by atoms with Crippen molar-refractivity contribution in [3.8, 4) is 5.75 Å². The highest BCUT2D eigenvalue weighted by atomic mass is 16.5. The van der Waals surface area contributed by atoms with Crippen molar-refractivity contribution in [2.24, 2.45) is 0 Å². The molecule has 0 unspecified atom stereocenters. The lowest BCUT2D eigenvalue weighted by atomic mass is 10.1. The first-order chi connectivity index (χ1) is 7.45. The third-order valence-corrected chi connectivity index (χ3v) is 3.04. The second-order valence-corrected chi connectivity index (χ2v) is 4.77. The van der Waals surface area contributed by atoms with E-state index in [0.717, 1.165) is 12.3 Å². The molecule has 1 rings (SSSR count). The van der Waals surface area contributed by atoms with Gasteiger partial charge in [-0.15, -0.1) is 0 Å². The Balaban J connectivity index is 2.91. The predicted molar refractivity (Wildman–Crippen MR) is 69.1 cm³/mol. The van der Waals surface area contributed by atoms with E-state index in [1.807, 2.05) is 0 Å². The van der Waals surface area contributed by atoms with Gasteiger partial charge in [0, 0.05) is 12.6 Å². The van der Waals surface area contributed by atoms with E-state index >= 15 is 0 Å². The summed E-state index contributed by atoms with van der Waals surface area (Å²) >= 11 is 0. The number of nitrogens with zero attached hydrogens (tertiary/aromatic N) is 1. The first kappa shape index (κ1) is 13.0. The van der Waals surface area contributed by atoms with Crippen LogP contribution >= 0.6 is 0 Å². The SMILES string of the molecule is COc1c(C)cc(CN(C)C(C)C)cc1C. The summed E-state index contributed by atoms with van der Waals surface area (Å²) in [6.07, 6.45) is 0. The Hall–Kier alpha value is -1.02. The molecule has 0 amide bonds. The summed E-state index contributed by atoms with van der Waals surface area (Å²) in [5.74, 6) is 1.01. The summed E-state index contributed by atoms with van der Waals surface area (Å²) in [6.45, 7) is 9.62. The molecule has 0 bridgehead atoms. The van der Waals surface area contributed by atoms with Gasteiger partial charge in [0.1, 0.15) is 5.75 Å². The van der Waals surface area contributed by atoms with Gasteiger partial charge in [0.05, 0.1) is 7.11 Å². The minimum absolute atomic E-state index is 0.572. The topological polar surface area (TPSA) is 12.5 Å². The number of ether oxygens (including phenoxy) is 1. The van der Waals surface area contributed by atoms with E-state index in [2.05, 4.69) is 51.8 Å². The van der Waals surface area contributed by atoms with Crippen molar-refractivity contribution >= 4 is 0 Å². The van der Waals surface area contributed by atoms with E-state index in [9.17, 15) is 0 Å². The van der Waals surface area contributed by atoms with Crippen LogP contribution in [0.15, 0.2) is 12.1 Å². The van der Waals surface area contributed by atoms with Gasteiger partial charge in [-0.25, -0.2) is 0 Å². The molecule has 0 atom stereocenters. The molecule has 0 saturated heterocycles. The van der Waals surface area contributed by atoms with Crippen molar-refractivity contribution < 1.29 is 4.74 Å². The summed E-state index contributed by atoms with van der Waals surface area (Å²) in [5.41, 5.74) is 3.79. The fraction of sp³-hybridized carbons (Fsp3) is 0.571. The van der Waals surface area contributed by atoms with Crippen LogP contribution in [0.2, 0.25) is 0 Å². The van der Waals surface area contributed by atoms with Gasteiger partial charge in [0.25, 0.3) is 0 Å². The number of methoxy groups -OCH3 is 1. The Kier molecular flexibility index (Phi) is 4.36. The van der Waals surface area contributed by atoms with E-state index in [0.29, 0.717) is 6.04 Å². The van der Waals surface area contributed by atoms with E-state index < -0.39 is 0 Å². The monoisotopic (exact) mass is 221 g/mol. The normalized spacial score (nSPS) is 11.2. The predicted octanol–water partition coefficient (Wildman–Crippen LogP) is 3.15. The molecule has 90 valence electrons. The molecule has 1 aromatic rings. The van der Waals surface area contributed by atoms with Crippen molar-refractivity contribution in [2.45, 2.75) is 40.3 Å². The molecule has 0 radical (unpaired) electrons. The molecule has 0 N–H and O–H groups in total. The van der Waals surface area contributed by atoms with E-state index in [1.54, 1.807) is 7.11 Å². The number of benzene rings is 1. The number of hydrogen-bond acceptors (Lipinski definition) is 2. The van der Waals surface area contributed by atoms with Gasteiger partial charge in [-0.2, -0.15) is 0 Å². The molecule has 16 heavy (non-hydrogen) atoms. The number of aryl methyl sites for hydroxylation is 2. The molecule has 2 nitrogen and oxygen atoms in total. The van der Waals surface area contributed by atoms with Gasteiger partial charge < -0.3 is 4.74 Å². The summed E-state index contributed by atoms with van der Waals surface area (Å²) in [6, 6.07) is 5.00. The van der Waals surface area contributed by atoms with E-state index in [1.165, 1.54) is 16.7 Å². The van der Waals surface area contributed by atoms with Gasteiger partial charge in [0.15, 0.2) is 0 Å². The third kappa shape index (κ3) is 2.99. The minimum Gasteiger partial charge on any atom is -0.496 e. The van der Waals surface area contributed by atoms with Gasteiger partial charge in [-0.1, -0.05) is 12.1 Å². The lowest BCUT2D eigenvalue weighted by Crippen LogP contribution is -2.25. The second-order valence-electron chi connectivity index (χ2n) is 4.77. The molecule has 0 fully saturated rings. The van der Waals surface area contributed by atoms with Crippen LogP contribution in [0.3, 0.4) is 0 Å². The molecule has 1 aromatic carbocycles. The Morgan fingerprint density at radius 1 is 1.19 bits per heavy atom. The van der Waals surface area contributed by atoms with Crippen molar-refractivity contribution in [1.82, 2.24) is 4.90 Å². The Morgan fingerprint density at radius 3 is 2.06 bits per heavy atom. The van der Waals surface area contributed by atoms with Crippen LogP contribution in [0.1, 0.15) is 30.5 Å². The zero-order chi connectivity index (χ0) is 12.3. The molecule has 2 heteroatoms. The largest absolute Gasteiger partial charge is 0.496 e. The molecule has 0 aromatic heterocycles. The summed E-state index contributed by atoms with van der Waals surface area (Å²) in [5, 5.41) is 0. The van der Waals surface area contributed by atoms with Crippen LogP contribution in [-0.4, -0.2) is 25.1 Å². The molecule has 0 aliphatic rings. The van der Waals surface area contributed by atoms with Crippen LogP contribution in [0.25, 0.3) is 0 Å². The van der Waals surface area contributed by atoms with Gasteiger partial charge in [0.2, 0.25) is 0 Å². The lowest BCUT2D eigenvalue weighted by molar-refractivity contribution is 0.265. The van der Waals surface area contributed by atoms with Gasteiger partial charge in [-0.05, 0) is 51.4 Å². The van der Waals surface area contributed by atoms with Crippen molar-refractivity contribution in [1.29, 1.82) is 0 Å². The third-order valence-electron chi connectivity index (χ3n) is 3.04. The van der Waals surface area contributed by atoms with Crippen LogP contribution in [0.4, 0.5) is 0 Å². The lowest BCUT2D eigenvalue weighted by Gasteiger charge is -2.22. The quantitative estimate of drug-likeness (QED) is 0.774. The van der Waals surface area contributed by atoms with Crippen LogP contribution in [0.5, 0.6) is 5.75 Å². The first-order valence-electron chi connectivity index (χ1n) is 5.80. The molecule has 0 aliphatic heterocycles. The Labute approximate surface area is 99.2 Å². The molecule has 0 aliphatic carbocycles. The van der Waals surface area contributed by atoms with E-state index in [-0.39, 0.29) is 0 Å². The van der Waals surface area contributed by atoms with Gasteiger partial charge in [-0.3, -0.25) is 4.90 Å². The van der Waals surface area contributed by atoms with Crippen LogP contribution < -0.4 is 4.74 Å². The molecule has 0 saturated carbocycles. The molecule has 0 heterocycles. The Morgan fingerprint density at radius 2 is 1.69 bits per heavy atom. The maximum Gasteiger partial charge on any atom is 0.124 e. The standard InChI is InChI=1S/C14H23NO/c1-10(2)15(5)9-13-7-11(3)14(16-6)12(4)8-13/h7-8,10H,9H2,1-6H3. The molecular formula is C14H23NO. The average molecular weight is 221 g/mol. The second kappa shape index (κ2) is 5.35. The minimum atomic E-state index is 0.572. The van der Waals surface area contributed by atoms with Crippen LogP contribution in [-0.2, 0) is 6.54 Å². The first-order valence-corrected chi connectivity index (χ1v) is 5.80. The summed E-state index contributed by atoms with van der Waals surface area (Å²) in [7, 11) is 3.88. The number of rotatable bonds is 4. The highest BCUT2D eigenvalue weighted by Crippen LogP contribution is 2.24. The highest BCUT2D eigenvalue weighted by molar-refractivity contribution is 5.43. The van der Waals surface area contributed by atoms with Crippen molar-refractivity contribution in [3.05, 3.63) is 28.8 Å². The Bertz CT molecular complexity index is 335. The highest BCUT2D eigenvalue weighted by Gasteiger charge is 2.08. The molecular weight excluding hydrogens is 198 g/mol. The zero-order valence-electron chi connectivity index (χ0n) is 11.3. The maximum absolute atomic E-state index is 5.37. The number of hydrogen-bond donors (Lipinski definition) is 0. The van der Waals surface area contributed by atoms with E-state index in [4.69, 9.17) is 4.74 Å². The maximum atomic E-state index is 5.37. The average Bonchev–Trinajstić information content (AvgIpc) is 2.16. The summed E-state index contributed by atoms with van der Waals surface area (Å²) in [4.78, 5) is 2.33. The van der Waals surface area contributed by atoms with Crippen molar-refractivity contribution in [2.75, 3.05) is 14.2 Å². The van der Waals surface area contributed by atoms with Crippen LogP contribution in [0, 0.1) is 13.8 Å².